The Morgan fingerprint density at radius 3 is 2.36 bits per heavy atom. The van der Waals surface area contributed by atoms with Crippen LogP contribution in [-0.4, -0.2) is 58.1 Å². The molecule has 1 saturated heterocycles. The van der Waals surface area contributed by atoms with E-state index in [1.165, 1.54) is 12.4 Å². The molecule has 25 heavy (non-hydrogen) atoms. The van der Waals surface area contributed by atoms with Gasteiger partial charge in [0.05, 0.1) is 12.2 Å². The fourth-order valence-electron chi connectivity index (χ4n) is 2.54. The van der Waals surface area contributed by atoms with Gasteiger partial charge in [-0.3, -0.25) is 4.79 Å². The highest BCUT2D eigenvalue weighted by Gasteiger charge is 2.25. The molecular formula is C17H27N5O3. The summed E-state index contributed by atoms with van der Waals surface area (Å²) in [5.41, 5.74) is 0.281. The molecule has 0 aliphatic carbocycles. The Bertz CT molecular complexity index is 589. The zero-order valence-corrected chi connectivity index (χ0v) is 15.3. The summed E-state index contributed by atoms with van der Waals surface area (Å²) in [6.07, 6.45) is 4.15. The van der Waals surface area contributed by atoms with E-state index < -0.39 is 0 Å². The van der Waals surface area contributed by atoms with Crippen LogP contribution < -0.4 is 10.6 Å². The highest BCUT2D eigenvalue weighted by molar-refractivity contribution is 5.93. The van der Waals surface area contributed by atoms with Crippen LogP contribution in [0.1, 0.15) is 50.9 Å². The van der Waals surface area contributed by atoms with Gasteiger partial charge in [0.2, 0.25) is 5.95 Å². The number of likely N-dealkylation sites (tertiary alicyclic amines) is 1. The van der Waals surface area contributed by atoms with Gasteiger partial charge in [0.15, 0.2) is 0 Å². The second-order valence-electron chi connectivity index (χ2n) is 7.10. The molecule has 8 heteroatoms. The lowest BCUT2D eigenvalue weighted by atomic mass is 10.1. The van der Waals surface area contributed by atoms with Gasteiger partial charge in [-0.25, -0.2) is 14.8 Å². The lowest BCUT2D eigenvalue weighted by molar-refractivity contribution is 0.0859. The van der Waals surface area contributed by atoms with Crippen LogP contribution in [0.15, 0.2) is 12.4 Å². The Kier molecular flexibility index (Phi) is 6.17. The zero-order chi connectivity index (χ0) is 18.4. The summed E-state index contributed by atoms with van der Waals surface area (Å²) in [5.74, 6) is 0.295. The predicted molar refractivity (Wildman–Crippen MR) is 94.5 cm³/mol. The molecule has 1 aromatic heterocycles. The van der Waals surface area contributed by atoms with Gasteiger partial charge in [0.1, 0.15) is 0 Å². The molecule has 0 radical (unpaired) electrons. The molecule has 2 rings (SSSR count). The fraction of sp³-hybridized carbons (Fsp3) is 0.647. The molecule has 1 fully saturated rings. The summed E-state index contributed by atoms with van der Waals surface area (Å²) in [6, 6.07) is 0.0329. The van der Waals surface area contributed by atoms with Gasteiger partial charge >= 0.3 is 6.09 Å². The summed E-state index contributed by atoms with van der Waals surface area (Å²) in [4.78, 5) is 34.0. The first-order valence-corrected chi connectivity index (χ1v) is 8.61. The molecule has 0 bridgehead atoms. The van der Waals surface area contributed by atoms with Crippen LogP contribution in [0.5, 0.6) is 0 Å². The number of nitrogens with one attached hydrogen (secondary N) is 2. The van der Waals surface area contributed by atoms with Crippen LogP contribution in [0.3, 0.4) is 0 Å². The highest BCUT2D eigenvalue weighted by Crippen LogP contribution is 2.13. The molecule has 1 aliphatic rings. The summed E-state index contributed by atoms with van der Waals surface area (Å²) < 4.78 is 4.99. The van der Waals surface area contributed by atoms with Crippen molar-refractivity contribution in [3.05, 3.63) is 18.0 Å². The van der Waals surface area contributed by atoms with Crippen molar-refractivity contribution in [3.63, 3.8) is 0 Å². The van der Waals surface area contributed by atoms with E-state index in [4.69, 9.17) is 4.74 Å². The van der Waals surface area contributed by atoms with Crippen molar-refractivity contribution in [2.24, 2.45) is 0 Å². The number of carbonyl (C=O) groups excluding carboxylic acids is 2. The molecule has 138 valence electrons. The van der Waals surface area contributed by atoms with Gasteiger partial charge in [-0.1, -0.05) is 0 Å². The lowest BCUT2D eigenvalue weighted by Crippen LogP contribution is -2.46. The smallest absolute Gasteiger partial charge is 0.409 e. The zero-order valence-electron chi connectivity index (χ0n) is 15.3. The van der Waals surface area contributed by atoms with Crippen molar-refractivity contribution in [1.29, 1.82) is 0 Å². The number of rotatable bonds is 4. The first-order chi connectivity index (χ1) is 11.8. The molecule has 2 heterocycles. The van der Waals surface area contributed by atoms with Crippen LogP contribution >= 0.6 is 0 Å². The summed E-state index contributed by atoms with van der Waals surface area (Å²) in [6.45, 7) is 9.35. The van der Waals surface area contributed by atoms with Crippen LogP contribution in [0, 0.1) is 0 Å². The van der Waals surface area contributed by atoms with Crippen molar-refractivity contribution in [3.8, 4) is 0 Å². The first kappa shape index (κ1) is 19.0. The SMILES string of the molecule is CCOC(=O)N1CCC(NC(=O)c2cnc(NC(C)(C)C)nc2)CC1. The summed E-state index contributed by atoms with van der Waals surface area (Å²) in [5, 5.41) is 6.13. The van der Waals surface area contributed by atoms with E-state index in [9.17, 15) is 9.59 Å². The molecule has 0 atom stereocenters. The number of aromatic nitrogens is 2. The molecule has 8 nitrogen and oxygen atoms in total. The van der Waals surface area contributed by atoms with Gasteiger partial charge < -0.3 is 20.3 Å². The van der Waals surface area contributed by atoms with E-state index in [1.807, 2.05) is 20.8 Å². The van der Waals surface area contributed by atoms with Crippen LogP contribution in [0.25, 0.3) is 0 Å². The fourth-order valence-corrected chi connectivity index (χ4v) is 2.54. The van der Waals surface area contributed by atoms with E-state index in [0.29, 0.717) is 44.0 Å². The molecule has 0 saturated carbocycles. The molecule has 2 amide bonds. The minimum Gasteiger partial charge on any atom is -0.450 e. The Balaban J connectivity index is 1.83. The number of amides is 2. The molecule has 0 aromatic carbocycles. The van der Waals surface area contributed by atoms with Crippen LogP contribution in [-0.2, 0) is 4.74 Å². The third-order valence-corrected chi connectivity index (χ3v) is 3.76. The average molecular weight is 349 g/mol. The number of hydrogen-bond donors (Lipinski definition) is 2. The number of piperidine rings is 1. The Labute approximate surface area is 148 Å². The minimum absolute atomic E-state index is 0.0329. The third-order valence-electron chi connectivity index (χ3n) is 3.76. The van der Waals surface area contributed by atoms with Crippen molar-refractivity contribution < 1.29 is 14.3 Å². The maximum atomic E-state index is 12.3. The van der Waals surface area contributed by atoms with E-state index >= 15 is 0 Å². The molecular weight excluding hydrogens is 322 g/mol. The topological polar surface area (TPSA) is 96.5 Å². The highest BCUT2D eigenvalue weighted by atomic mass is 16.6. The van der Waals surface area contributed by atoms with Crippen LogP contribution in [0.2, 0.25) is 0 Å². The molecule has 0 spiro atoms. The van der Waals surface area contributed by atoms with Crippen LogP contribution in [0.4, 0.5) is 10.7 Å². The maximum Gasteiger partial charge on any atom is 0.409 e. The lowest BCUT2D eigenvalue weighted by Gasteiger charge is -2.31. The van der Waals surface area contributed by atoms with E-state index in [2.05, 4.69) is 20.6 Å². The predicted octanol–water partition coefficient (Wildman–Crippen LogP) is 2.04. The quantitative estimate of drug-likeness (QED) is 0.863. The van der Waals surface area contributed by atoms with Gasteiger partial charge in [-0.2, -0.15) is 0 Å². The van der Waals surface area contributed by atoms with Crippen molar-refractivity contribution in [2.45, 2.75) is 52.1 Å². The largest absolute Gasteiger partial charge is 0.450 e. The van der Waals surface area contributed by atoms with Gasteiger partial charge in [-0.05, 0) is 40.5 Å². The van der Waals surface area contributed by atoms with Gasteiger partial charge in [-0.15, -0.1) is 0 Å². The molecule has 1 aliphatic heterocycles. The number of hydrogen-bond acceptors (Lipinski definition) is 6. The summed E-state index contributed by atoms with van der Waals surface area (Å²) in [7, 11) is 0. The standard InChI is InChI=1S/C17H27N5O3/c1-5-25-16(24)22-8-6-13(7-9-22)20-14(23)12-10-18-15(19-11-12)21-17(2,3)4/h10-11,13H,5-9H2,1-4H3,(H,20,23)(H,18,19,21). The number of carbonyl (C=O) groups is 2. The van der Waals surface area contributed by atoms with E-state index in [1.54, 1.807) is 11.8 Å². The first-order valence-electron chi connectivity index (χ1n) is 8.61. The normalized spacial score (nSPS) is 15.6. The van der Waals surface area contributed by atoms with Gasteiger partial charge in [0.25, 0.3) is 5.91 Å². The molecule has 1 aromatic rings. The van der Waals surface area contributed by atoms with Crippen molar-refractivity contribution in [1.82, 2.24) is 20.2 Å². The Morgan fingerprint density at radius 1 is 1.24 bits per heavy atom. The average Bonchev–Trinajstić information content (AvgIpc) is 2.55. The van der Waals surface area contributed by atoms with Crippen molar-refractivity contribution in [2.75, 3.05) is 25.0 Å². The van der Waals surface area contributed by atoms with Gasteiger partial charge in [0, 0.05) is 37.1 Å². The summed E-state index contributed by atoms with van der Waals surface area (Å²) >= 11 is 0. The third kappa shape index (κ3) is 5.88. The molecule has 0 unspecified atom stereocenters. The number of anilines is 1. The second-order valence-corrected chi connectivity index (χ2v) is 7.10. The molecule has 2 N–H and O–H groups in total. The Hall–Kier alpha value is -2.38. The second kappa shape index (κ2) is 8.13. The minimum atomic E-state index is -0.289. The van der Waals surface area contributed by atoms with Crippen molar-refractivity contribution >= 4 is 17.9 Å². The van der Waals surface area contributed by atoms with E-state index in [0.717, 1.165) is 0 Å². The monoisotopic (exact) mass is 349 g/mol. The Morgan fingerprint density at radius 2 is 1.84 bits per heavy atom. The number of nitrogens with zero attached hydrogens (tertiary/aromatic N) is 3. The number of ether oxygens (including phenoxy) is 1. The van der Waals surface area contributed by atoms with E-state index in [-0.39, 0.29) is 23.6 Å². The maximum absolute atomic E-state index is 12.3.